The van der Waals surface area contributed by atoms with E-state index in [1.54, 1.807) is 0 Å². The number of hydrogen-bond donors (Lipinski definition) is 3. The van der Waals surface area contributed by atoms with Crippen LogP contribution in [0.4, 0.5) is 0 Å². The smallest absolute Gasteiger partial charge is 0.129 e. The fraction of sp³-hybridized carbons (Fsp3) is 0.375. The summed E-state index contributed by atoms with van der Waals surface area (Å²) >= 11 is 0. The van der Waals surface area contributed by atoms with Crippen LogP contribution in [0.3, 0.4) is 0 Å². The van der Waals surface area contributed by atoms with Crippen LogP contribution in [0.2, 0.25) is 0 Å². The number of nitrogens with one attached hydrogen (secondary N) is 2. The SMILES string of the molecule is N=C(N)C1NOC2=CC=CCC21. The Kier molecular flexibility index (Phi) is 1.62. The molecule has 1 aliphatic carbocycles. The topological polar surface area (TPSA) is 71.1 Å². The number of hydrogen-bond acceptors (Lipinski definition) is 3. The quantitative estimate of drug-likeness (QED) is 0.386. The minimum Gasteiger partial charge on any atom is -0.412 e. The molecule has 2 unspecified atom stereocenters. The van der Waals surface area contributed by atoms with Gasteiger partial charge in [-0.15, -0.1) is 5.48 Å². The number of allylic oxidation sites excluding steroid dienone is 3. The molecule has 0 amide bonds. The van der Waals surface area contributed by atoms with E-state index in [4.69, 9.17) is 16.0 Å². The van der Waals surface area contributed by atoms with Gasteiger partial charge in [-0.1, -0.05) is 12.2 Å². The molecule has 0 radical (unpaired) electrons. The predicted molar refractivity (Wildman–Crippen MR) is 45.3 cm³/mol. The Morgan fingerprint density at radius 3 is 3.33 bits per heavy atom. The van der Waals surface area contributed by atoms with Gasteiger partial charge in [-0.05, 0) is 12.5 Å². The lowest BCUT2D eigenvalue weighted by molar-refractivity contribution is 0.146. The summed E-state index contributed by atoms with van der Waals surface area (Å²) in [6.07, 6.45) is 6.81. The molecule has 1 heterocycles. The highest BCUT2D eigenvalue weighted by atomic mass is 16.7. The first-order valence-electron chi connectivity index (χ1n) is 3.92. The lowest BCUT2D eigenvalue weighted by atomic mass is 9.92. The first kappa shape index (κ1) is 7.36. The number of hydroxylamine groups is 1. The molecule has 4 nitrogen and oxygen atoms in total. The largest absolute Gasteiger partial charge is 0.412 e. The molecule has 1 fully saturated rings. The third-order valence-electron chi connectivity index (χ3n) is 2.19. The summed E-state index contributed by atoms with van der Waals surface area (Å²) < 4.78 is 0. The molecular weight excluding hydrogens is 154 g/mol. The van der Waals surface area contributed by atoms with Gasteiger partial charge in [0.1, 0.15) is 17.6 Å². The first-order chi connectivity index (χ1) is 5.79. The van der Waals surface area contributed by atoms with Gasteiger partial charge >= 0.3 is 0 Å². The molecule has 0 saturated carbocycles. The number of nitrogens with two attached hydrogens (primary N) is 1. The standard InChI is InChI=1S/C8H11N3O/c9-8(10)7-5-3-1-2-4-6(5)12-11-7/h1-2,4-5,7,11H,3H2,(H3,9,10). The molecule has 64 valence electrons. The average Bonchev–Trinajstić information content (AvgIpc) is 2.47. The Bertz CT molecular complexity index is 269. The van der Waals surface area contributed by atoms with E-state index in [0.717, 1.165) is 12.2 Å². The van der Waals surface area contributed by atoms with Crippen molar-refractivity contribution in [2.24, 2.45) is 11.7 Å². The predicted octanol–water partition coefficient (Wildman–Crippen LogP) is 0.286. The van der Waals surface area contributed by atoms with Gasteiger partial charge < -0.3 is 10.6 Å². The van der Waals surface area contributed by atoms with Crippen LogP contribution in [0.15, 0.2) is 24.0 Å². The van der Waals surface area contributed by atoms with Crippen molar-refractivity contribution in [2.75, 3.05) is 0 Å². The highest BCUT2D eigenvalue weighted by Gasteiger charge is 2.35. The molecule has 0 bridgehead atoms. The highest BCUT2D eigenvalue weighted by molar-refractivity contribution is 5.83. The van der Waals surface area contributed by atoms with Crippen LogP contribution in [0, 0.1) is 11.3 Å². The van der Waals surface area contributed by atoms with Crippen LogP contribution < -0.4 is 11.2 Å². The van der Waals surface area contributed by atoms with Gasteiger partial charge in [-0.2, -0.15) is 0 Å². The Morgan fingerprint density at radius 2 is 2.58 bits per heavy atom. The molecule has 2 aliphatic rings. The van der Waals surface area contributed by atoms with Crippen LogP contribution in [0.25, 0.3) is 0 Å². The van der Waals surface area contributed by atoms with Crippen molar-refractivity contribution in [1.29, 1.82) is 5.41 Å². The van der Waals surface area contributed by atoms with Crippen molar-refractivity contribution in [2.45, 2.75) is 12.5 Å². The molecule has 4 heteroatoms. The maximum Gasteiger partial charge on any atom is 0.129 e. The summed E-state index contributed by atoms with van der Waals surface area (Å²) in [4.78, 5) is 5.17. The maximum absolute atomic E-state index is 7.30. The maximum atomic E-state index is 7.30. The van der Waals surface area contributed by atoms with E-state index in [2.05, 4.69) is 11.6 Å². The number of rotatable bonds is 1. The molecule has 1 saturated heterocycles. The molecule has 1 aliphatic heterocycles. The minimum absolute atomic E-state index is 0.138. The molecular formula is C8H11N3O. The summed E-state index contributed by atoms with van der Waals surface area (Å²) in [5.41, 5.74) is 8.13. The van der Waals surface area contributed by atoms with Crippen molar-refractivity contribution < 1.29 is 4.84 Å². The average molecular weight is 165 g/mol. The Morgan fingerprint density at radius 1 is 1.75 bits per heavy atom. The summed E-state index contributed by atoms with van der Waals surface area (Å²) in [7, 11) is 0. The summed E-state index contributed by atoms with van der Waals surface area (Å²) in [5.74, 6) is 1.24. The molecule has 2 rings (SSSR count). The fourth-order valence-corrected chi connectivity index (χ4v) is 1.53. The second-order valence-electron chi connectivity index (χ2n) is 2.99. The van der Waals surface area contributed by atoms with Crippen LogP contribution >= 0.6 is 0 Å². The zero-order chi connectivity index (χ0) is 8.55. The first-order valence-corrected chi connectivity index (χ1v) is 3.92. The summed E-state index contributed by atoms with van der Waals surface area (Å²) in [6, 6.07) is -0.152. The van der Waals surface area contributed by atoms with E-state index >= 15 is 0 Å². The van der Waals surface area contributed by atoms with E-state index < -0.39 is 0 Å². The zero-order valence-corrected chi connectivity index (χ0v) is 6.58. The van der Waals surface area contributed by atoms with Gasteiger partial charge in [0.2, 0.25) is 0 Å². The molecule has 0 aromatic heterocycles. The van der Waals surface area contributed by atoms with E-state index in [-0.39, 0.29) is 17.8 Å². The van der Waals surface area contributed by atoms with Gasteiger partial charge in [0.05, 0.1) is 0 Å². The van der Waals surface area contributed by atoms with Crippen LogP contribution in [-0.2, 0) is 4.84 Å². The third-order valence-corrected chi connectivity index (χ3v) is 2.19. The van der Waals surface area contributed by atoms with Gasteiger partial charge in [-0.3, -0.25) is 5.41 Å². The number of fused-ring (bicyclic) bond motifs is 1. The minimum atomic E-state index is -0.152. The third kappa shape index (κ3) is 1.00. The van der Waals surface area contributed by atoms with Gasteiger partial charge in [-0.25, -0.2) is 0 Å². The van der Waals surface area contributed by atoms with Gasteiger partial charge in [0.15, 0.2) is 0 Å². The lowest BCUT2D eigenvalue weighted by Crippen LogP contribution is -2.39. The van der Waals surface area contributed by atoms with Gasteiger partial charge in [0.25, 0.3) is 0 Å². The van der Waals surface area contributed by atoms with Crippen molar-refractivity contribution in [3.8, 4) is 0 Å². The van der Waals surface area contributed by atoms with Crippen LogP contribution in [0.5, 0.6) is 0 Å². The fourth-order valence-electron chi connectivity index (χ4n) is 1.53. The Hall–Kier alpha value is -1.29. The van der Waals surface area contributed by atoms with Gasteiger partial charge in [0, 0.05) is 5.92 Å². The summed E-state index contributed by atoms with van der Waals surface area (Å²) in [6.45, 7) is 0. The van der Waals surface area contributed by atoms with Crippen molar-refractivity contribution >= 4 is 5.84 Å². The second kappa shape index (κ2) is 2.64. The van der Waals surface area contributed by atoms with Crippen molar-refractivity contribution in [3.05, 3.63) is 24.0 Å². The Labute approximate surface area is 70.5 Å². The van der Waals surface area contributed by atoms with E-state index in [0.29, 0.717) is 0 Å². The molecule has 0 aromatic rings. The molecule has 0 spiro atoms. The summed E-state index contributed by atoms with van der Waals surface area (Å²) in [5, 5.41) is 7.30. The second-order valence-corrected chi connectivity index (χ2v) is 2.99. The van der Waals surface area contributed by atoms with E-state index in [1.807, 2.05) is 12.2 Å². The lowest BCUT2D eigenvalue weighted by Gasteiger charge is -2.14. The van der Waals surface area contributed by atoms with Crippen LogP contribution in [-0.4, -0.2) is 11.9 Å². The molecule has 0 aromatic carbocycles. The molecule has 12 heavy (non-hydrogen) atoms. The zero-order valence-electron chi connectivity index (χ0n) is 6.58. The van der Waals surface area contributed by atoms with Crippen LogP contribution in [0.1, 0.15) is 6.42 Å². The van der Waals surface area contributed by atoms with Crippen molar-refractivity contribution in [1.82, 2.24) is 5.48 Å². The monoisotopic (exact) mass is 165 g/mol. The van der Waals surface area contributed by atoms with E-state index in [1.165, 1.54) is 0 Å². The van der Waals surface area contributed by atoms with Crippen molar-refractivity contribution in [3.63, 3.8) is 0 Å². The van der Waals surface area contributed by atoms with E-state index in [9.17, 15) is 0 Å². The highest BCUT2D eigenvalue weighted by Crippen LogP contribution is 2.29. The Balaban J connectivity index is 2.20. The number of amidine groups is 1. The normalized spacial score (nSPS) is 32.2. The molecule has 4 N–H and O–H groups in total. The molecule has 2 atom stereocenters.